The molecule has 0 aliphatic carbocycles. The van der Waals surface area contributed by atoms with E-state index in [0.717, 1.165) is 10.0 Å². The van der Waals surface area contributed by atoms with Crippen molar-refractivity contribution < 1.29 is 0 Å². The van der Waals surface area contributed by atoms with E-state index >= 15 is 0 Å². The minimum atomic E-state index is -0.170. The maximum absolute atomic E-state index is 11.8. The van der Waals surface area contributed by atoms with Gasteiger partial charge in [-0.15, -0.1) is 0 Å². The first-order valence-electron chi connectivity index (χ1n) is 6.55. The van der Waals surface area contributed by atoms with Crippen LogP contribution >= 0.6 is 27.5 Å². The van der Waals surface area contributed by atoms with Gasteiger partial charge in [-0.1, -0.05) is 11.6 Å². The van der Waals surface area contributed by atoms with E-state index in [0.29, 0.717) is 23.1 Å². The van der Waals surface area contributed by atoms with E-state index in [9.17, 15) is 4.79 Å². The molecule has 4 nitrogen and oxygen atoms in total. The van der Waals surface area contributed by atoms with Crippen LogP contribution < -0.4 is 10.9 Å². The highest BCUT2D eigenvalue weighted by atomic mass is 79.9. The fraction of sp³-hybridized carbons (Fsp3) is 0.333. The van der Waals surface area contributed by atoms with Gasteiger partial charge in [0.2, 0.25) is 0 Å². The second-order valence-electron chi connectivity index (χ2n) is 5.82. The van der Waals surface area contributed by atoms with Crippen molar-refractivity contribution in [2.45, 2.75) is 32.9 Å². The summed E-state index contributed by atoms with van der Waals surface area (Å²) in [5, 5.41) is 3.94. The molecule has 0 saturated carbocycles. The van der Waals surface area contributed by atoms with Crippen LogP contribution in [0, 0.1) is 0 Å². The summed E-state index contributed by atoms with van der Waals surface area (Å²) in [7, 11) is 0. The lowest BCUT2D eigenvalue weighted by Crippen LogP contribution is -2.35. The molecule has 0 saturated heterocycles. The van der Waals surface area contributed by atoms with Crippen molar-refractivity contribution >= 4 is 27.5 Å². The summed E-state index contributed by atoms with van der Waals surface area (Å²) in [6, 6.07) is 6.93. The van der Waals surface area contributed by atoms with Crippen LogP contribution in [0.3, 0.4) is 0 Å². The highest BCUT2D eigenvalue weighted by Crippen LogP contribution is 2.26. The van der Waals surface area contributed by atoms with Gasteiger partial charge in [0.15, 0.2) is 0 Å². The Bertz CT molecular complexity index is 707. The quantitative estimate of drug-likeness (QED) is 0.865. The number of nitrogens with one attached hydrogen (secondary N) is 2. The molecule has 0 bridgehead atoms. The van der Waals surface area contributed by atoms with Gasteiger partial charge in [0.25, 0.3) is 5.56 Å². The van der Waals surface area contributed by atoms with Crippen molar-refractivity contribution in [3.8, 4) is 11.4 Å². The first kappa shape index (κ1) is 16.2. The van der Waals surface area contributed by atoms with Gasteiger partial charge in [-0.2, -0.15) is 0 Å². The van der Waals surface area contributed by atoms with Crippen LogP contribution in [0.1, 0.15) is 26.5 Å². The number of aromatic nitrogens is 2. The topological polar surface area (TPSA) is 57.8 Å². The lowest BCUT2D eigenvalue weighted by Gasteiger charge is -2.20. The maximum Gasteiger partial charge on any atom is 0.251 e. The normalized spacial score (nSPS) is 11.7. The van der Waals surface area contributed by atoms with Gasteiger partial charge < -0.3 is 10.3 Å². The van der Waals surface area contributed by atoms with Gasteiger partial charge in [0, 0.05) is 28.2 Å². The Morgan fingerprint density at radius 1 is 1.33 bits per heavy atom. The zero-order valence-electron chi connectivity index (χ0n) is 12.1. The monoisotopic (exact) mass is 369 g/mol. The smallest absolute Gasteiger partial charge is 0.251 e. The summed E-state index contributed by atoms with van der Waals surface area (Å²) in [6.07, 6.45) is 0. The number of benzene rings is 1. The summed E-state index contributed by atoms with van der Waals surface area (Å²) in [5.74, 6) is 0.533. The molecule has 0 radical (unpaired) electrons. The van der Waals surface area contributed by atoms with E-state index in [4.69, 9.17) is 11.6 Å². The Morgan fingerprint density at radius 3 is 2.67 bits per heavy atom. The van der Waals surface area contributed by atoms with Crippen molar-refractivity contribution in [2.24, 2.45) is 0 Å². The van der Waals surface area contributed by atoms with Gasteiger partial charge in [-0.25, -0.2) is 4.98 Å². The number of aromatic amines is 1. The summed E-state index contributed by atoms with van der Waals surface area (Å²) in [6.45, 7) is 6.74. The molecule has 21 heavy (non-hydrogen) atoms. The average molecular weight is 371 g/mol. The number of rotatable bonds is 3. The largest absolute Gasteiger partial charge is 0.307 e. The molecule has 112 valence electrons. The zero-order valence-corrected chi connectivity index (χ0v) is 14.5. The van der Waals surface area contributed by atoms with Crippen molar-refractivity contribution in [3.05, 3.63) is 49.8 Å². The predicted molar refractivity (Wildman–Crippen MR) is 89.6 cm³/mol. The average Bonchev–Trinajstić information content (AvgIpc) is 2.38. The van der Waals surface area contributed by atoms with E-state index < -0.39 is 0 Å². The van der Waals surface area contributed by atoms with Crippen molar-refractivity contribution in [1.82, 2.24) is 15.3 Å². The van der Waals surface area contributed by atoms with Crippen LogP contribution in [0.25, 0.3) is 11.4 Å². The lowest BCUT2D eigenvalue weighted by molar-refractivity contribution is 0.421. The third-order valence-corrected chi connectivity index (χ3v) is 4.00. The lowest BCUT2D eigenvalue weighted by atomic mass is 10.1. The first-order chi connectivity index (χ1) is 9.74. The van der Waals surface area contributed by atoms with E-state index in [1.54, 1.807) is 6.07 Å². The second-order valence-corrected chi connectivity index (χ2v) is 7.08. The zero-order chi connectivity index (χ0) is 15.6. The molecular formula is C15H17BrClN3O. The molecule has 0 aliphatic rings. The number of H-pyrrole nitrogens is 1. The van der Waals surface area contributed by atoms with Gasteiger partial charge in [-0.05, 0) is 54.9 Å². The highest BCUT2D eigenvalue weighted by Gasteiger charge is 2.11. The minimum absolute atomic E-state index is 0.0340. The standard InChI is InChI=1S/C15H17BrClN3O/c1-15(2,3)18-8-10-7-13(21)20-14(19-10)9-4-5-12(17)11(16)6-9/h4-7,18H,8H2,1-3H3,(H,19,20,21). The number of hydrogen-bond acceptors (Lipinski definition) is 3. The molecule has 0 atom stereocenters. The fourth-order valence-corrected chi connectivity index (χ4v) is 2.23. The van der Waals surface area contributed by atoms with Crippen LogP contribution in [-0.4, -0.2) is 15.5 Å². The maximum atomic E-state index is 11.8. The van der Waals surface area contributed by atoms with Gasteiger partial charge in [0.1, 0.15) is 5.82 Å². The van der Waals surface area contributed by atoms with Crippen LogP contribution in [-0.2, 0) is 6.54 Å². The van der Waals surface area contributed by atoms with Gasteiger partial charge in [0.05, 0.1) is 10.7 Å². The molecule has 0 unspecified atom stereocenters. The molecule has 0 fully saturated rings. The summed E-state index contributed by atoms with van der Waals surface area (Å²) >= 11 is 9.35. The Hall–Kier alpha value is -1.17. The Morgan fingerprint density at radius 2 is 2.05 bits per heavy atom. The van der Waals surface area contributed by atoms with E-state index in [2.05, 4.69) is 52.0 Å². The molecule has 2 aromatic rings. The van der Waals surface area contributed by atoms with E-state index in [1.165, 1.54) is 6.07 Å². The fourth-order valence-electron chi connectivity index (χ4n) is 1.73. The molecule has 6 heteroatoms. The predicted octanol–water partition coefficient (Wildman–Crippen LogP) is 3.74. The molecule has 2 N–H and O–H groups in total. The van der Waals surface area contributed by atoms with E-state index in [-0.39, 0.29) is 11.1 Å². The molecule has 1 aromatic carbocycles. The summed E-state index contributed by atoms with van der Waals surface area (Å²) < 4.78 is 0.766. The third kappa shape index (κ3) is 4.66. The molecule has 2 rings (SSSR count). The van der Waals surface area contributed by atoms with Crippen LogP contribution in [0.4, 0.5) is 0 Å². The van der Waals surface area contributed by atoms with Crippen molar-refractivity contribution in [1.29, 1.82) is 0 Å². The van der Waals surface area contributed by atoms with Gasteiger partial charge in [-0.3, -0.25) is 4.79 Å². The first-order valence-corrected chi connectivity index (χ1v) is 7.72. The Balaban J connectivity index is 2.34. The molecule has 0 spiro atoms. The Kier molecular flexibility index (Phi) is 4.86. The minimum Gasteiger partial charge on any atom is -0.307 e. The third-order valence-electron chi connectivity index (χ3n) is 2.79. The van der Waals surface area contributed by atoms with Gasteiger partial charge >= 0.3 is 0 Å². The molecule has 0 aliphatic heterocycles. The molecular weight excluding hydrogens is 354 g/mol. The number of nitrogens with zero attached hydrogens (tertiary/aromatic N) is 1. The van der Waals surface area contributed by atoms with E-state index in [1.807, 2.05) is 12.1 Å². The summed E-state index contributed by atoms with van der Waals surface area (Å²) in [4.78, 5) is 19.0. The van der Waals surface area contributed by atoms with Crippen LogP contribution in [0.15, 0.2) is 33.5 Å². The molecule has 1 aromatic heterocycles. The number of halogens is 2. The van der Waals surface area contributed by atoms with Crippen molar-refractivity contribution in [3.63, 3.8) is 0 Å². The van der Waals surface area contributed by atoms with Crippen molar-refractivity contribution in [2.75, 3.05) is 0 Å². The second kappa shape index (κ2) is 6.30. The highest BCUT2D eigenvalue weighted by molar-refractivity contribution is 9.10. The molecule has 1 heterocycles. The summed E-state index contributed by atoms with van der Waals surface area (Å²) in [5.41, 5.74) is 1.31. The Labute approximate surface area is 137 Å². The number of hydrogen-bond donors (Lipinski definition) is 2. The SMILES string of the molecule is CC(C)(C)NCc1cc(=O)[nH]c(-c2ccc(Cl)c(Br)c2)n1. The van der Waals surface area contributed by atoms with Crippen LogP contribution in [0.2, 0.25) is 5.02 Å². The van der Waals surface area contributed by atoms with Crippen LogP contribution in [0.5, 0.6) is 0 Å². The molecule has 0 amide bonds.